The molecule has 1 aliphatic heterocycles. The maximum atomic E-state index is 6.82. The summed E-state index contributed by atoms with van der Waals surface area (Å²) in [5.41, 5.74) is 13.7. The first-order valence-corrected chi connectivity index (χ1v) is 25.0. The summed E-state index contributed by atoms with van der Waals surface area (Å²) in [5.74, 6) is 4.70. The Morgan fingerprint density at radius 2 is 1.19 bits per heavy atom. The fourth-order valence-corrected chi connectivity index (χ4v) is 12.5. The molecule has 0 saturated heterocycles. The van der Waals surface area contributed by atoms with Crippen molar-refractivity contribution in [3.05, 3.63) is 150 Å². The van der Waals surface area contributed by atoms with Crippen LogP contribution in [0, 0.1) is 36.6 Å². The molecule has 3 heterocycles. The van der Waals surface area contributed by atoms with E-state index in [1.54, 1.807) is 0 Å². The third kappa shape index (κ3) is 8.21. The number of aromatic nitrogens is 2. The van der Waals surface area contributed by atoms with Crippen LogP contribution in [-0.2, 0) is 48.1 Å². The van der Waals surface area contributed by atoms with E-state index in [1.807, 2.05) is 12.3 Å². The zero-order valence-corrected chi connectivity index (χ0v) is 44.7. The van der Waals surface area contributed by atoms with Crippen molar-refractivity contribution in [3.63, 3.8) is 0 Å². The van der Waals surface area contributed by atoms with E-state index < -0.39 is 0 Å². The van der Waals surface area contributed by atoms with Crippen molar-refractivity contribution in [1.29, 1.82) is 0 Å². The second kappa shape index (κ2) is 16.4. The molecule has 4 fully saturated rings. The third-order valence-corrected chi connectivity index (χ3v) is 15.9. The smallest absolute Gasteiger partial charge is 0.135 e. The molecule has 5 nitrogen and oxygen atoms in total. The topological polar surface area (TPSA) is 33.5 Å². The Bertz CT molecular complexity index is 3010. The van der Waals surface area contributed by atoms with Gasteiger partial charge < -0.3 is 19.1 Å². The summed E-state index contributed by atoms with van der Waals surface area (Å²) in [6.45, 7) is 29.9. The number of rotatable bonds is 6. The van der Waals surface area contributed by atoms with Gasteiger partial charge in [-0.1, -0.05) is 119 Å². The molecule has 68 heavy (non-hydrogen) atoms. The molecule has 0 atom stereocenters. The zero-order chi connectivity index (χ0) is 47.0. The molecular formula is C62H69N4OPt-3. The SMILES string of the molecule is CC(C)(C)c1cc(N2[CH-]N(c3[c-]c(Oc4[c-]c5c(cc4)c4cc(C(C)(C)C)ccc4n5-c4cc(C(C)(C)C)ccn4)ccc3)c3cccc(C45CC6CC(CC(C6)C4)C5)c32)cc(C(C)(C)C)c1.[Pt]. The Kier molecular flexibility index (Phi) is 11.3. The van der Waals surface area contributed by atoms with Gasteiger partial charge in [0.05, 0.1) is 0 Å². The molecule has 4 bridgehead atoms. The number of hydrogen-bond acceptors (Lipinski definition) is 4. The van der Waals surface area contributed by atoms with Crippen LogP contribution in [0.15, 0.2) is 103 Å². The molecule has 0 spiro atoms. The summed E-state index contributed by atoms with van der Waals surface area (Å²) in [6.07, 6.45) is 10.1. The van der Waals surface area contributed by atoms with Crippen molar-refractivity contribution in [2.24, 2.45) is 17.8 Å². The molecule has 5 aliphatic rings. The Morgan fingerprint density at radius 3 is 1.82 bits per heavy atom. The molecule has 12 rings (SSSR count). The van der Waals surface area contributed by atoms with Crippen molar-refractivity contribution in [2.75, 3.05) is 9.80 Å². The van der Waals surface area contributed by atoms with Crippen LogP contribution in [-0.4, -0.2) is 9.55 Å². The molecule has 0 radical (unpaired) electrons. The zero-order valence-electron chi connectivity index (χ0n) is 42.4. The molecule has 7 aromatic rings. The minimum absolute atomic E-state index is 0. The van der Waals surface area contributed by atoms with Crippen LogP contribution in [0.2, 0.25) is 0 Å². The Labute approximate surface area is 421 Å². The summed E-state index contributed by atoms with van der Waals surface area (Å²) < 4.78 is 9.08. The van der Waals surface area contributed by atoms with Gasteiger partial charge in [-0.15, -0.1) is 48.1 Å². The Balaban J connectivity index is 0.00000539. The van der Waals surface area contributed by atoms with Crippen molar-refractivity contribution < 1.29 is 25.8 Å². The number of hydrogen-bond donors (Lipinski definition) is 0. The molecule has 6 heteroatoms. The first-order chi connectivity index (χ1) is 31.6. The van der Waals surface area contributed by atoms with Gasteiger partial charge >= 0.3 is 0 Å². The first kappa shape index (κ1) is 46.8. The maximum absolute atomic E-state index is 6.82. The monoisotopic (exact) mass is 1080 g/mol. The second-order valence-corrected chi connectivity index (χ2v) is 25.1. The minimum Gasteiger partial charge on any atom is -0.509 e. The molecule has 2 aromatic heterocycles. The molecule has 356 valence electrons. The molecule has 0 amide bonds. The van der Waals surface area contributed by atoms with Crippen molar-refractivity contribution in [2.45, 2.75) is 149 Å². The second-order valence-electron chi connectivity index (χ2n) is 25.1. The number of ether oxygens (including phenoxy) is 1. The van der Waals surface area contributed by atoms with E-state index >= 15 is 0 Å². The van der Waals surface area contributed by atoms with E-state index in [0.29, 0.717) is 11.5 Å². The van der Waals surface area contributed by atoms with Crippen molar-refractivity contribution >= 4 is 44.6 Å². The summed E-state index contributed by atoms with van der Waals surface area (Å²) in [4.78, 5) is 9.85. The van der Waals surface area contributed by atoms with Crippen LogP contribution in [0.3, 0.4) is 0 Å². The van der Waals surface area contributed by atoms with Crippen LogP contribution >= 0.6 is 0 Å². The van der Waals surface area contributed by atoms with E-state index in [-0.39, 0.29) is 48.1 Å². The van der Waals surface area contributed by atoms with Gasteiger partial charge in [0.2, 0.25) is 0 Å². The van der Waals surface area contributed by atoms with Gasteiger partial charge in [0.25, 0.3) is 0 Å². The fourth-order valence-electron chi connectivity index (χ4n) is 12.5. The Morgan fingerprint density at radius 1 is 0.588 bits per heavy atom. The van der Waals surface area contributed by atoms with Gasteiger partial charge in [-0.2, -0.15) is 12.1 Å². The van der Waals surface area contributed by atoms with Crippen molar-refractivity contribution in [3.8, 4) is 17.3 Å². The summed E-state index contributed by atoms with van der Waals surface area (Å²) >= 11 is 0. The van der Waals surface area contributed by atoms with E-state index in [1.165, 1.54) is 88.8 Å². The number of anilines is 4. The molecule has 0 N–H and O–H groups in total. The van der Waals surface area contributed by atoms with Crippen LogP contribution in [0.25, 0.3) is 27.6 Å². The number of para-hydroxylation sites is 1. The molecule has 4 saturated carbocycles. The average molecular weight is 1080 g/mol. The van der Waals surface area contributed by atoms with E-state index in [4.69, 9.17) is 9.72 Å². The van der Waals surface area contributed by atoms with Gasteiger partial charge in [-0.05, 0) is 153 Å². The van der Waals surface area contributed by atoms with Gasteiger partial charge in [-0.3, -0.25) is 0 Å². The largest absolute Gasteiger partial charge is 0.509 e. The quantitative estimate of drug-likeness (QED) is 0.155. The van der Waals surface area contributed by atoms with Gasteiger partial charge in [0.15, 0.2) is 0 Å². The van der Waals surface area contributed by atoms with Crippen LogP contribution in [0.1, 0.15) is 149 Å². The fraction of sp³-hybridized carbons (Fsp3) is 0.419. The molecule has 0 unspecified atom stereocenters. The normalized spacial score (nSPS) is 21.4. The van der Waals surface area contributed by atoms with Crippen LogP contribution in [0.4, 0.5) is 22.7 Å². The predicted octanol–water partition coefficient (Wildman–Crippen LogP) is 16.6. The molecule has 4 aliphatic carbocycles. The van der Waals surface area contributed by atoms with Gasteiger partial charge in [-0.25, -0.2) is 4.98 Å². The predicted molar refractivity (Wildman–Crippen MR) is 279 cm³/mol. The number of nitrogens with zero attached hydrogens (tertiary/aromatic N) is 4. The number of pyridine rings is 1. The molecular weight excluding hydrogens is 1010 g/mol. The summed E-state index contributed by atoms with van der Waals surface area (Å²) in [6, 6.07) is 43.7. The maximum Gasteiger partial charge on any atom is 0.135 e. The summed E-state index contributed by atoms with van der Waals surface area (Å²) in [7, 11) is 0. The Hall–Kier alpha value is -4.86. The average Bonchev–Trinajstić information content (AvgIpc) is 3.81. The van der Waals surface area contributed by atoms with E-state index in [0.717, 1.165) is 45.7 Å². The van der Waals surface area contributed by atoms with Gasteiger partial charge in [0.1, 0.15) is 5.82 Å². The van der Waals surface area contributed by atoms with Crippen molar-refractivity contribution in [1.82, 2.24) is 9.55 Å². The van der Waals surface area contributed by atoms with Crippen LogP contribution < -0.4 is 14.5 Å². The van der Waals surface area contributed by atoms with E-state index in [2.05, 4.69) is 207 Å². The molecule has 5 aromatic carbocycles. The third-order valence-electron chi connectivity index (χ3n) is 15.9. The minimum atomic E-state index is -0.0266. The standard InChI is InChI=1S/C62H69N4O.Pt/c1-58(2,3)42-19-22-53-51(31-42)50-21-20-49(34-55(50)66(53)56-32-43(23-24-63-56)59(4,5)6)67-48-16-13-15-46(33-48)64-38-65(47-29-44(60(7,8)9)28-45(30-47)61(10,11)12)57-52(17-14-18-54(57)64)62-35-39-25-40(36-62)27-41(26-39)37-62;/h13-24,28-32,38-41H,25-27,35-37H2,1-12H3;/q-3;. The first-order valence-electron chi connectivity index (χ1n) is 25.0. The van der Waals surface area contributed by atoms with E-state index in [9.17, 15) is 0 Å². The number of fused-ring (bicyclic) bond motifs is 4. The number of benzene rings is 5. The summed E-state index contributed by atoms with van der Waals surface area (Å²) in [5, 5.41) is 2.31. The van der Waals surface area contributed by atoms with Crippen LogP contribution in [0.5, 0.6) is 11.5 Å². The van der Waals surface area contributed by atoms with Gasteiger partial charge in [0, 0.05) is 61.3 Å².